The summed E-state index contributed by atoms with van der Waals surface area (Å²) >= 11 is 5.88. The van der Waals surface area contributed by atoms with Gasteiger partial charge < -0.3 is 4.90 Å². The molecule has 1 heterocycles. The number of benzene rings is 1. The lowest BCUT2D eigenvalue weighted by molar-refractivity contribution is 0.0638. The Labute approximate surface area is 140 Å². The van der Waals surface area contributed by atoms with Gasteiger partial charge >= 0.3 is 0 Å². The molecule has 126 valence electrons. The number of carbonyl (C=O) groups is 2. The van der Waals surface area contributed by atoms with Crippen molar-refractivity contribution in [3.63, 3.8) is 0 Å². The molecule has 0 fully saturated rings. The molecule has 0 radical (unpaired) electrons. The number of imide groups is 1. The lowest BCUT2D eigenvalue weighted by atomic mass is 10.1. The van der Waals surface area contributed by atoms with Crippen molar-refractivity contribution in [3.8, 4) is 0 Å². The van der Waals surface area contributed by atoms with E-state index in [-0.39, 0.29) is 27.6 Å². The maximum atomic E-state index is 12.4. The molecule has 7 nitrogen and oxygen atoms in total. The maximum Gasteiger partial charge on any atom is 0.261 e. The van der Waals surface area contributed by atoms with Crippen molar-refractivity contribution < 1.29 is 18.0 Å². The topological polar surface area (TPSA) is 101 Å². The average molecular weight is 360 g/mol. The van der Waals surface area contributed by atoms with Gasteiger partial charge in [0.1, 0.15) is 4.90 Å². The van der Waals surface area contributed by atoms with Gasteiger partial charge in [0, 0.05) is 13.1 Å². The summed E-state index contributed by atoms with van der Waals surface area (Å²) in [4.78, 5) is 27.6. The summed E-state index contributed by atoms with van der Waals surface area (Å²) in [6.07, 6.45) is 0. The Morgan fingerprint density at radius 2 is 1.65 bits per heavy atom. The molecule has 1 aliphatic heterocycles. The molecule has 0 atom stereocenters. The van der Waals surface area contributed by atoms with Gasteiger partial charge in [0.25, 0.3) is 11.8 Å². The summed E-state index contributed by atoms with van der Waals surface area (Å²) in [6, 6.07) is 2.26. The van der Waals surface area contributed by atoms with Gasteiger partial charge in [-0.25, -0.2) is 13.6 Å². The molecule has 0 aliphatic carbocycles. The number of hydrogen-bond donors (Lipinski definition) is 1. The quantitative estimate of drug-likeness (QED) is 0.761. The van der Waals surface area contributed by atoms with Crippen LogP contribution in [0.3, 0.4) is 0 Å². The summed E-state index contributed by atoms with van der Waals surface area (Å²) in [5, 5.41) is 4.90. The fourth-order valence-corrected chi connectivity index (χ4v) is 3.59. The Hall–Kier alpha value is -1.48. The summed E-state index contributed by atoms with van der Waals surface area (Å²) in [7, 11) is -4.07. The number of carbonyl (C=O) groups excluding carboxylic acids is 2. The van der Waals surface area contributed by atoms with Gasteiger partial charge in [-0.2, -0.15) is 0 Å². The number of nitrogens with zero attached hydrogens (tertiary/aromatic N) is 2. The molecule has 1 aliphatic rings. The van der Waals surface area contributed by atoms with E-state index in [0.717, 1.165) is 24.1 Å². The van der Waals surface area contributed by atoms with Crippen molar-refractivity contribution in [2.75, 3.05) is 26.2 Å². The first-order valence-corrected chi connectivity index (χ1v) is 9.08. The first kappa shape index (κ1) is 17.9. The van der Waals surface area contributed by atoms with Crippen LogP contribution >= 0.6 is 11.6 Å². The Balaban J connectivity index is 2.34. The number of halogens is 1. The Morgan fingerprint density at radius 3 is 2.13 bits per heavy atom. The van der Waals surface area contributed by atoms with Crippen molar-refractivity contribution in [1.29, 1.82) is 0 Å². The minimum absolute atomic E-state index is 0.0166. The third kappa shape index (κ3) is 3.40. The lowest BCUT2D eigenvalue weighted by Gasteiger charge is -2.21. The summed E-state index contributed by atoms with van der Waals surface area (Å²) in [6.45, 7) is 6.38. The highest BCUT2D eigenvalue weighted by Gasteiger charge is 2.37. The molecule has 1 aromatic rings. The number of primary sulfonamides is 1. The second-order valence-electron chi connectivity index (χ2n) is 5.16. The molecular weight excluding hydrogens is 342 g/mol. The van der Waals surface area contributed by atoms with E-state index in [4.69, 9.17) is 16.7 Å². The van der Waals surface area contributed by atoms with Crippen LogP contribution in [0.25, 0.3) is 0 Å². The third-order valence-electron chi connectivity index (χ3n) is 3.86. The smallest absolute Gasteiger partial charge is 0.261 e. The van der Waals surface area contributed by atoms with Crippen LogP contribution in [-0.4, -0.2) is 56.2 Å². The first-order chi connectivity index (χ1) is 10.7. The minimum Gasteiger partial charge on any atom is -0.302 e. The van der Waals surface area contributed by atoms with Crippen molar-refractivity contribution in [3.05, 3.63) is 28.3 Å². The van der Waals surface area contributed by atoms with Crippen molar-refractivity contribution in [2.24, 2.45) is 5.14 Å². The van der Waals surface area contributed by atoms with Crippen LogP contribution in [0.4, 0.5) is 0 Å². The molecule has 0 unspecified atom stereocenters. The van der Waals surface area contributed by atoms with Crippen LogP contribution in [0.5, 0.6) is 0 Å². The van der Waals surface area contributed by atoms with Gasteiger partial charge in [0.2, 0.25) is 10.0 Å². The van der Waals surface area contributed by atoms with Gasteiger partial charge in [-0.3, -0.25) is 14.5 Å². The number of rotatable bonds is 6. The van der Waals surface area contributed by atoms with Crippen LogP contribution in [0, 0.1) is 0 Å². The maximum absolute atomic E-state index is 12.4. The van der Waals surface area contributed by atoms with E-state index < -0.39 is 21.8 Å². The molecule has 0 saturated heterocycles. The van der Waals surface area contributed by atoms with Crippen molar-refractivity contribution in [1.82, 2.24) is 9.80 Å². The zero-order valence-corrected chi connectivity index (χ0v) is 14.4. The van der Waals surface area contributed by atoms with E-state index in [1.54, 1.807) is 0 Å². The first-order valence-electron chi connectivity index (χ1n) is 7.15. The average Bonchev–Trinajstić information content (AvgIpc) is 2.70. The second-order valence-corrected chi connectivity index (χ2v) is 7.10. The van der Waals surface area contributed by atoms with E-state index in [0.29, 0.717) is 6.54 Å². The number of nitrogens with two attached hydrogens (primary N) is 1. The summed E-state index contributed by atoms with van der Waals surface area (Å²) < 4.78 is 23.0. The van der Waals surface area contributed by atoms with Gasteiger partial charge in [0.05, 0.1) is 16.1 Å². The standard InChI is InChI=1S/C14H18ClN3O4S/c1-3-17(4-2)5-6-18-13(19)9-7-11(15)12(23(16,21)22)8-10(9)14(18)20/h7-8H,3-6H2,1-2H3,(H2,16,21,22). The molecule has 23 heavy (non-hydrogen) atoms. The normalized spacial score (nSPS) is 14.7. The number of likely N-dealkylation sites (N-methyl/N-ethyl adjacent to an activating group) is 1. The third-order valence-corrected chi connectivity index (χ3v) is 5.24. The molecule has 9 heteroatoms. The van der Waals surface area contributed by atoms with E-state index in [2.05, 4.69) is 4.90 Å². The van der Waals surface area contributed by atoms with Crippen LogP contribution < -0.4 is 5.14 Å². The number of amides is 2. The molecule has 0 saturated carbocycles. The number of hydrogen-bond acceptors (Lipinski definition) is 5. The van der Waals surface area contributed by atoms with Gasteiger partial charge in [0.15, 0.2) is 0 Å². The van der Waals surface area contributed by atoms with E-state index >= 15 is 0 Å². The fourth-order valence-electron chi connectivity index (χ4n) is 2.49. The zero-order chi connectivity index (χ0) is 17.4. The monoisotopic (exact) mass is 359 g/mol. The summed E-state index contributed by atoms with van der Waals surface area (Å²) in [5.74, 6) is -1.00. The van der Waals surface area contributed by atoms with Crippen LogP contribution in [0.15, 0.2) is 17.0 Å². The fraction of sp³-hybridized carbons (Fsp3) is 0.429. The predicted molar refractivity (Wildman–Crippen MR) is 86.0 cm³/mol. The molecule has 0 aromatic heterocycles. The van der Waals surface area contributed by atoms with Gasteiger partial charge in [-0.1, -0.05) is 25.4 Å². The highest BCUT2D eigenvalue weighted by Crippen LogP contribution is 2.30. The highest BCUT2D eigenvalue weighted by atomic mass is 35.5. The van der Waals surface area contributed by atoms with E-state index in [1.165, 1.54) is 6.07 Å². The van der Waals surface area contributed by atoms with E-state index in [1.807, 2.05) is 13.8 Å². The zero-order valence-electron chi connectivity index (χ0n) is 12.9. The molecule has 0 bridgehead atoms. The molecule has 2 N–H and O–H groups in total. The van der Waals surface area contributed by atoms with Crippen LogP contribution in [-0.2, 0) is 10.0 Å². The highest BCUT2D eigenvalue weighted by molar-refractivity contribution is 7.89. The Kier molecular flexibility index (Phi) is 5.10. The number of fused-ring (bicyclic) bond motifs is 1. The Morgan fingerprint density at radius 1 is 1.13 bits per heavy atom. The minimum atomic E-state index is -4.07. The van der Waals surface area contributed by atoms with Gasteiger partial charge in [-0.15, -0.1) is 0 Å². The Bertz CT molecular complexity index is 760. The molecule has 2 amide bonds. The largest absolute Gasteiger partial charge is 0.302 e. The lowest BCUT2D eigenvalue weighted by Crippen LogP contribution is -2.38. The van der Waals surface area contributed by atoms with Crippen LogP contribution in [0.1, 0.15) is 34.6 Å². The van der Waals surface area contributed by atoms with Crippen molar-refractivity contribution >= 4 is 33.4 Å². The van der Waals surface area contributed by atoms with E-state index in [9.17, 15) is 18.0 Å². The molecule has 0 spiro atoms. The molecular formula is C14H18ClN3O4S. The predicted octanol–water partition coefficient (Wildman–Crippen LogP) is 0.925. The second kappa shape index (κ2) is 6.56. The molecule has 2 rings (SSSR count). The SMILES string of the molecule is CCN(CC)CCN1C(=O)c2cc(Cl)c(S(N)(=O)=O)cc2C1=O. The van der Waals surface area contributed by atoms with Crippen molar-refractivity contribution in [2.45, 2.75) is 18.7 Å². The van der Waals surface area contributed by atoms with Gasteiger partial charge in [-0.05, 0) is 25.2 Å². The number of sulfonamides is 1. The molecule has 1 aromatic carbocycles. The summed E-state index contributed by atoms with van der Waals surface area (Å²) in [5.41, 5.74) is 0.120. The van der Waals surface area contributed by atoms with Crippen LogP contribution in [0.2, 0.25) is 5.02 Å².